The van der Waals surface area contributed by atoms with Crippen LogP contribution in [-0.2, 0) is 24.2 Å². The molecule has 0 atom stereocenters. The fourth-order valence-electron chi connectivity index (χ4n) is 4.98. The van der Waals surface area contributed by atoms with Crippen molar-refractivity contribution < 1.29 is 4.79 Å². The Morgan fingerprint density at radius 1 is 0.750 bits per heavy atom. The summed E-state index contributed by atoms with van der Waals surface area (Å²) < 4.78 is 2.46. The highest BCUT2D eigenvalue weighted by Crippen LogP contribution is 2.19. The highest BCUT2D eigenvalue weighted by Gasteiger charge is 2.10. The van der Waals surface area contributed by atoms with Crippen molar-refractivity contribution in [1.29, 1.82) is 0 Å². The zero-order chi connectivity index (χ0) is 25.3. The van der Waals surface area contributed by atoms with Gasteiger partial charge in [0.2, 0.25) is 5.91 Å². The minimum atomic E-state index is 0.111. The van der Waals surface area contributed by atoms with E-state index in [1.54, 1.807) is 0 Å². The second-order valence-electron chi connectivity index (χ2n) is 10.2. The lowest BCUT2D eigenvalue weighted by Crippen LogP contribution is -2.26. The van der Waals surface area contributed by atoms with Crippen LogP contribution >= 0.6 is 0 Å². The monoisotopic (exact) mass is 489 g/mol. The molecule has 0 unspecified atom stereocenters. The van der Waals surface area contributed by atoms with Crippen molar-refractivity contribution >= 4 is 16.9 Å². The summed E-state index contributed by atoms with van der Waals surface area (Å²) in [6.45, 7) is 4.10. The molecule has 2 aromatic carbocycles. The minimum Gasteiger partial charge on any atom is -0.356 e. The molecule has 196 valence electrons. The zero-order valence-electron chi connectivity index (χ0n) is 22.5. The Labute approximate surface area is 218 Å². The molecule has 3 rings (SSSR count). The number of benzene rings is 2. The molecular formula is C32H47N3O. The van der Waals surface area contributed by atoms with Crippen molar-refractivity contribution in [3.05, 3.63) is 66.0 Å². The summed E-state index contributed by atoms with van der Waals surface area (Å²) >= 11 is 0. The quantitative estimate of drug-likeness (QED) is 0.173. The SMILES string of the molecule is CCCCCCCCCCCCn1c(CCCCCNC(=O)Cc2ccccc2)nc2ccccc21. The van der Waals surface area contributed by atoms with Gasteiger partial charge in [0.05, 0.1) is 17.5 Å². The van der Waals surface area contributed by atoms with Gasteiger partial charge in [-0.3, -0.25) is 4.79 Å². The number of fused-ring (bicyclic) bond motifs is 1. The standard InChI is InChI=1S/C32H47N3O/c1-2-3-4-5-6-7-8-9-10-19-26-35-30-23-17-16-22-29(30)34-31(35)24-15-12-18-25-33-32(36)27-28-20-13-11-14-21-28/h11,13-14,16-17,20-23H,2-10,12,15,18-19,24-27H2,1H3,(H,33,36). The number of para-hydroxylation sites is 2. The van der Waals surface area contributed by atoms with Crippen LogP contribution in [0.4, 0.5) is 0 Å². The highest BCUT2D eigenvalue weighted by atomic mass is 16.1. The van der Waals surface area contributed by atoms with Gasteiger partial charge in [-0.05, 0) is 37.0 Å². The molecule has 0 aliphatic rings. The largest absolute Gasteiger partial charge is 0.356 e. The van der Waals surface area contributed by atoms with E-state index in [2.05, 4.69) is 41.1 Å². The van der Waals surface area contributed by atoms with E-state index in [-0.39, 0.29) is 5.91 Å². The molecule has 0 aliphatic carbocycles. The van der Waals surface area contributed by atoms with Gasteiger partial charge in [-0.1, -0.05) is 114 Å². The molecule has 0 aliphatic heterocycles. The number of carbonyl (C=O) groups excluding carboxylic acids is 1. The molecule has 0 spiro atoms. The van der Waals surface area contributed by atoms with Crippen LogP contribution < -0.4 is 5.32 Å². The molecule has 0 fully saturated rings. The van der Waals surface area contributed by atoms with E-state index in [4.69, 9.17) is 4.98 Å². The Balaban J connectivity index is 1.33. The molecule has 0 radical (unpaired) electrons. The maximum absolute atomic E-state index is 12.1. The summed E-state index contributed by atoms with van der Waals surface area (Å²) in [4.78, 5) is 17.1. The Morgan fingerprint density at radius 3 is 2.14 bits per heavy atom. The second-order valence-corrected chi connectivity index (χ2v) is 10.2. The summed E-state index contributed by atoms with van der Waals surface area (Å²) in [6, 6.07) is 18.5. The number of hydrogen-bond acceptors (Lipinski definition) is 2. The normalized spacial score (nSPS) is 11.2. The molecule has 0 saturated heterocycles. The second kappa shape index (κ2) is 16.9. The van der Waals surface area contributed by atoms with Crippen molar-refractivity contribution in [2.24, 2.45) is 0 Å². The lowest BCUT2D eigenvalue weighted by atomic mass is 10.1. The fourth-order valence-corrected chi connectivity index (χ4v) is 4.98. The van der Waals surface area contributed by atoms with Gasteiger partial charge in [-0.15, -0.1) is 0 Å². The summed E-state index contributed by atoms with van der Waals surface area (Å²) in [5.41, 5.74) is 3.46. The molecule has 4 heteroatoms. The number of hydrogen-bond donors (Lipinski definition) is 1. The molecule has 1 aromatic heterocycles. The van der Waals surface area contributed by atoms with E-state index in [1.807, 2.05) is 30.3 Å². The number of imidazole rings is 1. The van der Waals surface area contributed by atoms with E-state index in [0.717, 1.165) is 49.9 Å². The zero-order valence-corrected chi connectivity index (χ0v) is 22.5. The van der Waals surface area contributed by atoms with Gasteiger partial charge in [0.15, 0.2) is 0 Å². The molecule has 4 nitrogen and oxygen atoms in total. The van der Waals surface area contributed by atoms with Gasteiger partial charge in [-0.25, -0.2) is 4.98 Å². The molecule has 36 heavy (non-hydrogen) atoms. The Bertz CT molecular complexity index is 995. The average molecular weight is 490 g/mol. The van der Waals surface area contributed by atoms with E-state index >= 15 is 0 Å². The van der Waals surface area contributed by atoms with E-state index in [9.17, 15) is 4.79 Å². The minimum absolute atomic E-state index is 0.111. The topological polar surface area (TPSA) is 46.9 Å². The predicted molar refractivity (Wildman–Crippen MR) is 152 cm³/mol. The first kappa shape index (κ1) is 28.0. The predicted octanol–water partition coefficient (Wildman–Crippen LogP) is 8.03. The van der Waals surface area contributed by atoms with Crippen LogP contribution in [0.2, 0.25) is 0 Å². The molecule has 0 bridgehead atoms. The van der Waals surface area contributed by atoms with Crippen LogP contribution in [0.1, 0.15) is 102 Å². The van der Waals surface area contributed by atoms with Gasteiger partial charge >= 0.3 is 0 Å². The van der Waals surface area contributed by atoms with Gasteiger partial charge in [0.1, 0.15) is 5.82 Å². The number of aryl methyl sites for hydroxylation is 2. The molecule has 1 amide bonds. The van der Waals surface area contributed by atoms with Crippen LogP contribution in [-0.4, -0.2) is 22.0 Å². The Kier molecular flexibility index (Phi) is 13.2. The van der Waals surface area contributed by atoms with Gasteiger partial charge < -0.3 is 9.88 Å². The maximum atomic E-state index is 12.1. The molecule has 3 aromatic rings. The van der Waals surface area contributed by atoms with Crippen LogP contribution in [0.5, 0.6) is 0 Å². The molecule has 0 saturated carbocycles. The van der Waals surface area contributed by atoms with Crippen LogP contribution in [0.15, 0.2) is 54.6 Å². The number of rotatable bonds is 19. The van der Waals surface area contributed by atoms with E-state index < -0.39 is 0 Å². The third kappa shape index (κ3) is 10.2. The van der Waals surface area contributed by atoms with Crippen molar-refractivity contribution in [1.82, 2.24) is 14.9 Å². The number of carbonyl (C=O) groups is 1. The highest BCUT2D eigenvalue weighted by molar-refractivity contribution is 5.78. The Morgan fingerprint density at radius 2 is 1.39 bits per heavy atom. The summed E-state index contributed by atoms with van der Waals surface area (Å²) in [7, 11) is 0. The molecule has 1 N–H and O–H groups in total. The third-order valence-corrected chi connectivity index (χ3v) is 7.08. The number of nitrogens with zero attached hydrogens (tertiary/aromatic N) is 2. The van der Waals surface area contributed by atoms with Gasteiger partial charge in [-0.2, -0.15) is 0 Å². The van der Waals surface area contributed by atoms with E-state index in [0.29, 0.717) is 6.42 Å². The Hall–Kier alpha value is -2.62. The summed E-state index contributed by atoms with van der Waals surface area (Å²) in [5.74, 6) is 1.33. The first-order chi connectivity index (χ1) is 17.8. The smallest absolute Gasteiger partial charge is 0.224 e. The van der Waals surface area contributed by atoms with Crippen LogP contribution in [0.3, 0.4) is 0 Å². The van der Waals surface area contributed by atoms with E-state index in [1.165, 1.54) is 75.5 Å². The molecule has 1 heterocycles. The fraction of sp³-hybridized carbons (Fsp3) is 0.562. The molecular weight excluding hydrogens is 442 g/mol. The van der Waals surface area contributed by atoms with Crippen molar-refractivity contribution in [2.45, 2.75) is 110 Å². The number of unbranched alkanes of at least 4 members (excludes halogenated alkanes) is 11. The van der Waals surface area contributed by atoms with Gasteiger partial charge in [0, 0.05) is 19.5 Å². The summed E-state index contributed by atoms with van der Waals surface area (Å²) in [6.07, 6.45) is 18.3. The van der Waals surface area contributed by atoms with Crippen molar-refractivity contribution in [3.63, 3.8) is 0 Å². The van der Waals surface area contributed by atoms with Crippen LogP contribution in [0, 0.1) is 0 Å². The van der Waals surface area contributed by atoms with Crippen LogP contribution in [0.25, 0.3) is 11.0 Å². The van der Waals surface area contributed by atoms with Gasteiger partial charge in [0.25, 0.3) is 0 Å². The number of amides is 1. The third-order valence-electron chi connectivity index (χ3n) is 7.08. The summed E-state index contributed by atoms with van der Waals surface area (Å²) in [5, 5.41) is 3.06. The lowest BCUT2D eigenvalue weighted by Gasteiger charge is -2.10. The van der Waals surface area contributed by atoms with Crippen molar-refractivity contribution in [3.8, 4) is 0 Å². The first-order valence-electron chi connectivity index (χ1n) is 14.5. The maximum Gasteiger partial charge on any atom is 0.224 e. The average Bonchev–Trinajstić information content (AvgIpc) is 3.25. The first-order valence-corrected chi connectivity index (χ1v) is 14.5. The van der Waals surface area contributed by atoms with Crippen molar-refractivity contribution in [2.75, 3.05) is 6.54 Å². The number of aromatic nitrogens is 2. The lowest BCUT2D eigenvalue weighted by molar-refractivity contribution is -0.120. The number of nitrogens with one attached hydrogen (secondary N) is 1.